The molecule has 0 aliphatic heterocycles. The zero-order chi connectivity index (χ0) is 13.4. The van der Waals surface area contributed by atoms with Crippen molar-refractivity contribution in [3.63, 3.8) is 0 Å². The summed E-state index contributed by atoms with van der Waals surface area (Å²) in [6.07, 6.45) is 0. The van der Waals surface area contributed by atoms with Crippen LogP contribution in [0.3, 0.4) is 0 Å². The van der Waals surface area contributed by atoms with Gasteiger partial charge in [0.2, 0.25) is 0 Å². The molecule has 0 unspecified atom stereocenters. The number of nitrogens with zero attached hydrogens (tertiary/aromatic N) is 1. The minimum Gasteiger partial charge on any atom is -0.451 e. The molecule has 3 aromatic rings. The molecule has 0 fully saturated rings. The molecule has 0 spiro atoms. The number of carbonyl (C=O) groups is 1. The summed E-state index contributed by atoms with van der Waals surface area (Å²) in [5, 5.41) is 0.925. The molecule has 0 aliphatic rings. The van der Waals surface area contributed by atoms with Crippen LogP contribution in [0.4, 0.5) is 0 Å². The van der Waals surface area contributed by atoms with Gasteiger partial charge in [0.15, 0.2) is 5.76 Å². The van der Waals surface area contributed by atoms with Crippen LogP contribution in [-0.2, 0) is 0 Å². The van der Waals surface area contributed by atoms with E-state index in [2.05, 4.69) is 5.43 Å². The summed E-state index contributed by atoms with van der Waals surface area (Å²) in [7, 11) is 0. The number of furan rings is 1. The molecule has 0 saturated carbocycles. The molecule has 2 aromatic heterocycles. The molecule has 1 N–H and O–H groups in total. The lowest BCUT2D eigenvalue weighted by molar-refractivity contribution is 0.0983. The molecule has 0 bridgehead atoms. The maximum absolute atomic E-state index is 12.2. The molecule has 19 heavy (non-hydrogen) atoms. The van der Waals surface area contributed by atoms with Crippen LogP contribution in [-0.4, -0.2) is 10.6 Å². The first-order chi connectivity index (χ1) is 9.15. The number of fused-ring (bicyclic) bond motifs is 1. The van der Waals surface area contributed by atoms with Crippen molar-refractivity contribution in [3.05, 3.63) is 59.6 Å². The fraction of sp³-hybridized carbons (Fsp3) is 0.133. The molecule has 0 atom stereocenters. The Bertz CT molecular complexity index is 700. The van der Waals surface area contributed by atoms with E-state index in [1.165, 1.54) is 0 Å². The van der Waals surface area contributed by atoms with E-state index in [1.807, 2.05) is 50.2 Å². The quantitative estimate of drug-likeness (QED) is 0.763. The van der Waals surface area contributed by atoms with Gasteiger partial charge in [0.1, 0.15) is 5.58 Å². The zero-order valence-corrected chi connectivity index (χ0v) is 10.8. The van der Waals surface area contributed by atoms with Crippen LogP contribution in [0, 0.1) is 13.8 Å². The lowest BCUT2D eigenvalue weighted by Crippen LogP contribution is -2.24. The highest BCUT2D eigenvalue weighted by molar-refractivity contribution is 6.00. The Labute approximate surface area is 110 Å². The first-order valence-electron chi connectivity index (χ1n) is 6.10. The van der Waals surface area contributed by atoms with Gasteiger partial charge in [0.05, 0.1) is 0 Å². The number of amides is 1. The van der Waals surface area contributed by atoms with Crippen LogP contribution in [0.15, 0.2) is 46.9 Å². The fourth-order valence-electron chi connectivity index (χ4n) is 2.10. The van der Waals surface area contributed by atoms with Gasteiger partial charge in [-0.25, -0.2) is 0 Å². The molecular weight excluding hydrogens is 240 g/mol. The topological polar surface area (TPSA) is 47.2 Å². The highest BCUT2D eigenvalue weighted by Crippen LogP contribution is 2.19. The molecule has 1 aromatic carbocycles. The van der Waals surface area contributed by atoms with E-state index in [-0.39, 0.29) is 5.91 Å². The van der Waals surface area contributed by atoms with Crippen molar-refractivity contribution in [2.45, 2.75) is 13.8 Å². The summed E-state index contributed by atoms with van der Waals surface area (Å²) in [6.45, 7) is 3.87. The Hall–Kier alpha value is -2.49. The largest absolute Gasteiger partial charge is 0.451 e. The molecular formula is C15H14N2O2. The Balaban J connectivity index is 1.92. The van der Waals surface area contributed by atoms with Gasteiger partial charge in [-0.3, -0.25) is 14.9 Å². The summed E-state index contributed by atoms with van der Waals surface area (Å²) in [5.74, 6) is 0.0623. The number of nitrogens with one attached hydrogen (secondary N) is 1. The van der Waals surface area contributed by atoms with Crippen LogP contribution >= 0.6 is 0 Å². The molecule has 3 rings (SSSR count). The van der Waals surface area contributed by atoms with Crippen molar-refractivity contribution in [1.82, 2.24) is 4.68 Å². The number of hydrogen-bond donors (Lipinski definition) is 1. The average molecular weight is 254 g/mol. The zero-order valence-electron chi connectivity index (χ0n) is 10.8. The van der Waals surface area contributed by atoms with Crippen LogP contribution in [0.1, 0.15) is 21.9 Å². The third-order valence-electron chi connectivity index (χ3n) is 3.13. The van der Waals surface area contributed by atoms with Crippen molar-refractivity contribution in [2.24, 2.45) is 0 Å². The maximum atomic E-state index is 12.2. The Kier molecular flexibility index (Phi) is 2.63. The molecule has 1 amide bonds. The summed E-state index contributed by atoms with van der Waals surface area (Å²) in [5.41, 5.74) is 5.48. The Morgan fingerprint density at radius 2 is 1.79 bits per heavy atom. The monoisotopic (exact) mass is 254 g/mol. The highest BCUT2D eigenvalue weighted by Gasteiger charge is 2.13. The minimum absolute atomic E-state index is 0.251. The summed E-state index contributed by atoms with van der Waals surface area (Å²) in [4.78, 5) is 12.2. The highest BCUT2D eigenvalue weighted by atomic mass is 16.3. The second kappa shape index (κ2) is 4.31. The van der Waals surface area contributed by atoms with Gasteiger partial charge in [0, 0.05) is 16.8 Å². The number of hydrogen-bond acceptors (Lipinski definition) is 2. The maximum Gasteiger partial charge on any atom is 0.305 e. The Morgan fingerprint density at radius 1 is 1.11 bits per heavy atom. The van der Waals surface area contributed by atoms with Gasteiger partial charge < -0.3 is 4.42 Å². The van der Waals surface area contributed by atoms with Crippen molar-refractivity contribution in [1.29, 1.82) is 0 Å². The number of para-hydroxylation sites is 1. The number of aromatic nitrogens is 1. The predicted molar refractivity (Wildman–Crippen MR) is 73.8 cm³/mol. The number of benzene rings is 1. The summed E-state index contributed by atoms with van der Waals surface area (Å²) < 4.78 is 7.28. The smallest absolute Gasteiger partial charge is 0.305 e. The van der Waals surface area contributed by atoms with Crippen LogP contribution in [0.2, 0.25) is 0 Å². The average Bonchev–Trinajstić information content (AvgIpc) is 2.97. The third-order valence-corrected chi connectivity index (χ3v) is 3.13. The molecule has 4 heteroatoms. The first kappa shape index (κ1) is 11.6. The van der Waals surface area contributed by atoms with Crippen molar-refractivity contribution >= 4 is 16.9 Å². The van der Waals surface area contributed by atoms with E-state index < -0.39 is 0 Å². The van der Waals surface area contributed by atoms with E-state index in [4.69, 9.17) is 4.42 Å². The van der Waals surface area contributed by atoms with Crippen LogP contribution in [0.5, 0.6) is 0 Å². The number of carbonyl (C=O) groups excluding carboxylic acids is 1. The van der Waals surface area contributed by atoms with Crippen molar-refractivity contribution in [3.8, 4) is 0 Å². The second-order valence-corrected chi connectivity index (χ2v) is 4.54. The van der Waals surface area contributed by atoms with E-state index in [9.17, 15) is 4.79 Å². The van der Waals surface area contributed by atoms with Gasteiger partial charge in [-0.2, -0.15) is 0 Å². The fourth-order valence-corrected chi connectivity index (χ4v) is 2.10. The summed E-state index contributed by atoms with van der Waals surface area (Å²) >= 11 is 0. The van der Waals surface area contributed by atoms with Crippen LogP contribution < -0.4 is 5.43 Å². The predicted octanol–water partition coefficient (Wildman–Crippen LogP) is 3.24. The van der Waals surface area contributed by atoms with Crippen molar-refractivity contribution in [2.75, 3.05) is 5.43 Å². The lowest BCUT2D eigenvalue weighted by atomic mass is 10.2. The number of aryl methyl sites for hydroxylation is 2. The molecule has 0 aliphatic carbocycles. The van der Waals surface area contributed by atoms with Gasteiger partial charge >= 0.3 is 5.91 Å². The Morgan fingerprint density at radius 3 is 2.47 bits per heavy atom. The minimum atomic E-state index is -0.251. The molecule has 0 radical (unpaired) electrons. The van der Waals surface area contributed by atoms with E-state index >= 15 is 0 Å². The van der Waals surface area contributed by atoms with Gasteiger partial charge in [-0.15, -0.1) is 0 Å². The van der Waals surface area contributed by atoms with Crippen molar-refractivity contribution < 1.29 is 9.21 Å². The molecule has 0 saturated heterocycles. The third kappa shape index (κ3) is 2.01. The number of rotatable bonds is 2. The second-order valence-electron chi connectivity index (χ2n) is 4.54. The standard InChI is InChI=1S/C15H14N2O2/c1-10-7-8-11(2)17(10)16-15(18)14-9-12-5-3-4-6-13(12)19-14/h3-9H,1-2H3,(H,16,18). The lowest BCUT2D eigenvalue weighted by Gasteiger charge is -2.09. The van der Waals surface area contributed by atoms with E-state index in [0.29, 0.717) is 11.3 Å². The van der Waals surface area contributed by atoms with Gasteiger partial charge in [-0.1, -0.05) is 18.2 Å². The van der Waals surface area contributed by atoms with E-state index in [0.717, 1.165) is 16.8 Å². The van der Waals surface area contributed by atoms with Gasteiger partial charge in [0.25, 0.3) is 0 Å². The summed E-state index contributed by atoms with van der Waals surface area (Å²) in [6, 6.07) is 13.2. The van der Waals surface area contributed by atoms with E-state index in [1.54, 1.807) is 10.7 Å². The molecule has 4 nitrogen and oxygen atoms in total. The van der Waals surface area contributed by atoms with Crippen LogP contribution in [0.25, 0.3) is 11.0 Å². The van der Waals surface area contributed by atoms with Gasteiger partial charge in [-0.05, 0) is 38.1 Å². The first-order valence-corrected chi connectivity index (χ1v) is 6.10. The molecule has 96 valence electrons. The molecule has 2 heterocycles. The SMILES string of the molecule is Cc1ccc(C)n1NC(=O)c1cc2ccccc2o1. The normalized spacial score (nSPS) is 10.8.